The number of aromatic nitrogens is 2. The van der Waals surface area contributed by atoms with E-state index in [0.717, 1.165) is 36.0 Å². The number of hydrogen-bond acceptors (Lipinski definition) is 6. The summed E-state index contributed by atoms with van der Waals surface area (Å²) < 4.78 is 5.16. The van der Waals surface area contributed by atoms with Gasteiger partial charge in [-0.3, -0.25) is 0 Å². The molecule has 0 radical (unpaired) electrons. The standard InChI is InChI=1S/C14H26N4O2/c1-5-7-15-13-10(2)14(17-11(3)16-13)18-12(6-8-19)9-20-4/h12,19H,5-9H2,1-4H3,(H2,15,16,17,18). The normalized spacial score (nSPS) is 12.2. The van der Waals surface area contributed by atoms with Gasteiger partial charge in [0, 0.05) is 25.8 Å². The smallest absolute Gasteiger partial charge is 0.135 e. The molecular weight excluding hydrogens is 256 g/mol. The number of nitrogens with zero attached hydrogens (tertiary/aromatic N) is 2. The summed E-state index contributed by atoms with van der Waals surface area (Å²) in [6, 6.07) is 0.0389. The molecule has 1 aromatic rings. The van der Waals surface area contributed by atoms with Crippen molar-refractivity contribution in [2.75, 3.05) is 37.5 Å². The predicted molar refractivity (Wildman–Crippen MR) is 81.3 cm³/mol. The number of rotatable bonds is 9. The maximum absolute atomic E-state index is 9.10. The number of aliphatic hydroxyl groups is 1. The third-order valence-electron chi connectivity index (χ3n) is 2.99. The second-order valence-corrected chi connectivity index (χ2v) is 4.83. The van der Waals surface area contributed by atoms with Crippen molar-refractivity contribution in [1.29, 1.82) is 0 Å². The monoisotopic (exact) mass is 282 g/mol. The molecule has 114 valence electrons. The molecule has 0 amide bonds. The summed E-state index contributed by atoms with van der Waals surface area (Å²) in [5.74, 6) is 2.38. The molecule has 0 saturated carbocycles. The Hall–Kier alpha value is -1.40. The summed E-state index contributed by atoms with van der Waals surface area (Å²) in [6.45, 7) is 7.51. The van der Waals surface area contributed by atoms with Gasteiger partial charge >= 0.3 is 0 Å². The first-order valence-electron chi connectivity index (χ1n) is 7.07. The molecule has 6 heteroatoms. The quantitative estimate of drug-likeness (QED) is 0.640. The molecule has 1 unspecified atom stereocenters. The minimum absolute atomic E-state index is 0.0389. The van der Waals surface area contributed by atoms with Crippen LogP contribution in [0.4, 0.5) is 11.6 Å². The van der Waals surface area contributed by atoms with Gasteiger partial charge in [-0.2, -0.15) is 0 Å². The second-order valence-electron chi connectivity index (χ2n) is 4.83. The van der Waals surface area contributed by atoms with Crippen LogP contribution in [0, 0.1) is 13.8 Å². The van der Waals surface area contributed by atoms with Gasteiger partial charge in [0.05, 0.1) is 12.6 Å². The van der Waals surface area contributed by atoms with E-state index in [4.69, 9.17) is 9.84 Å². The Balaban J connectivity index is 2.89. The van der Waals surface area contributed by atoms with Gasteiger partial charge in [-0.05, 0) is 26.7 Å². The van der Waals surface area contributed by atoms with E-state index in [0.29, 0.717) is 13.0 Å². The van der Waals surface area contributed by atoms with Gasteiger partial charge < -0.3 is 20.5 Å². The SMILES string of the molecule is CCCNc1nc(C)nc(NC(CCO)COC)c1C. The number of anilines is 2. The lowest BCUT2D eigenvalue weighted by atomic mass is 10.2. The Morgan fingerprint density at radius 2 is 1.95 bits per heavy atom. The summed E-state index contributed by atoms with van der Waals surface area (Å²) >= 11 is 0. The van der Waals surface area contributed by atoms with Crippen LogP contribution in [0.15, 0.2) is 0 Å². The lowest BCUT2D eigenvalue weighted by molar-refractivity contribution is 0.170. The molecule has 0 spiro atoms. The molecule has 0 aromatic carbocycles. The fourth-order valence-electron chi connectivity index (χ4n) is 1.93. The Labute approximate surface area is 121 Å². The minimum Gasteiger partial charge on any atom is -0.396 e. The zero-order valence-corrected chi connectivity index (χ0v) is 12.9. The van der Waals surface area contributed by atoms with Crippen molar-refractivity contribution < 1.29 is 9.84 Å². The van der Waals surface area contributed by atoms with E-state index in [9.17, 15) is 0 Å². The maximum Gasteiger partial charge on any atom is 0.135 e. The average molecular weight is 282 g/mol. The lowest BCUT2D eigenvalue weighted by Gasteiger charge is -2.20. The minimum atomic E-state index is 0.0389. The third kappa shape index (κ3) is 4.94. The van der Waals surface area contributed by atoms with E-state index in [2.05, 4.69) is 27.5 Å². The molecule has 1 aromatic heterocycles. The largest absolute Gasteiger partial charge is 0.396 e. The molecule has 0 fully saturated rings. The van der Waals surface area contributed by atoms with Gasteiger partial charge in [0.1, 0.15) is 17.5 Å². The van der Waals surface area contributed by atoms with Crippen molar-refractivity contribution in [1.82, 2.24) is 9.97 Å². The van der Waals surface area contributed by atoms with E-state index >= 15 is 0 Å². The van der Waals surface area contributed by atoms with Crippen molar-refractivity contribution in [3.63, 3.8) is 0 Å². The molecular formula is C14H26N4O2. The van der Waals surface area contributed by atoms with Crippen LogP contribution < -0.4 is 10.6 Å². The van der Waals surface area contributed by atoms with E-state index in [1.807, 2.05) is 13.8 Å². The molecule has 0 bridgehead atoms. The van der Waals surface area contributed by atoms with Crippen LogP contribution in [0.25, 0.3) is 0 Å². The number of hydrogen-bond donors (Lipinski definition) is 3. The Morgan fingerprint density at radius 3 is 2.55 bits per heavy atom. The molecule has 0 aliphatic heterocycles. The first-order chi connectivity index (χ1) is 9.62. The molecule has 20 heavy (non-hydrogen) atoms. The van der Waals surface area contributed by atoms with Crippen LogP contribution in [0.5, 0.6) is 0 Å². The molecule has 3 N–H and O–H groups in total. The van der Waals surface area contributed by atoms with Crippen molar-refractivity contribution in [3.05, 3.63) is 11.4 Å². The van der Waals surface area contributed by atoms with Crippen molar-refractivity contribution in [2.24, 2.45) is 0 Å². The van der Waals surface area contributed by atoms with Gasteiger partial charge in [-0.25, -0.2) is 9.97 Å². The summed E-state index contributed by atoms with van der Waals surface area (Å²) in [5, 5.41) is 15.7. The van der Waals surface area contributed by atoms with E-state index in [1.54, 1.807) is 7.11 Å². The van der Waals surface area contributed by atoms with Gasteiger partial charge in [-0.1, -0.05) is 6.92 Å². The number of ether oxygens (including phenoxy) is 1. The van der Waals surface area contributed by atoms with Crippen LogP contribution in [0.3, 0.4) is 0 Å². The predicted octanol–water partition coefficient (Wildman–Crippen LogP) is 1.72. The van der Waals surface area contributed by atoms with E-state index < -0.39 is 0 Å². The van der Waals surface area contributed by atoms with Crippen LogP contribution in [0.2, 0.25) is 0 Å². The summed E-state index contributed by atoms with van der Waals surface area (Å²) in [5.41, 5.74) is 0.989. The van der Waals surface area contributed by atoms with E-state index in [-0.39, 0.29) is 12.6 Å². The highest BCUT2D eigenvalue weighted by atomic mass is 16.5. The average Bonchev–Trinajstić information content (AvgIpc) is 2.41. The van der Waals surface area contributed by atoms with Gasteiger partial charge in [0.2, 0.25) is 0 Å². The number of nitrogens with one attached hydrogen (secondary N) is 2. The summed E-state index contributed by atoms with van der Waals surface area (Å²) in [6.07, 6.45) is 1.66. The molecule has 0 aliphatic carbocycles. The van der Waals surface area contributed by atoms with Gasteiger partial charge in [-0.15, -0.1) is 0 Å². The molecule has 0 aliphatic rings. The Kier molecular flexibility index (Phi) is 7.25. The van der Waals surface area contributed by atoms with Crippen LogP contribution in [0.1, 0.15) is 31.2 Å². The molecule has 6 nitrogen and oxygen atoms in total. The highest BCUT2D eigenvalue weighted by molar-refractivity contribution is 5.57. The second kappa shape index (κ2) is 8.71. The van der Waals surface area contributed by atoms with Crippen LogP contribution in [-0.4, -0.2) is 48.0 Å². The van der Waals surface area contributed by atoms with Crippen LogP contribution >= 0.6 is 0 Å². The Bertz CT molecular complexity index is 406. The highest BCUT2D eigenvalue weighted by Gasteiger charge is 2.13. The van der Waals surface area contributed by atoms with E-state index in [1.165, 1.54) is 0 Å². The topological polar surface area (TPSA) is 79.3 Å². The van der Waals surface area contributed by atoms with Crippen molar-refractivity contribution in [2.45, 2.75) is 39.7 Å². The molecule has 1 atom stereocenters. The fourth-order valence-corrected chi connectivity index (χ4v) is 1.93. The van der Waals surface area contributed by atoms with Gasteiger partial charge in [0.25, 0.3) is 0 Å². The number of aliphatic hydroxyl groups excluding tert-OH is 1. The lowest BCUT2D eigenvalue weighted by Crippen LogP contribution is -2.27. The number of aryl methyl sites for hydroxylation is 1. The number of methoxy groups -OCH3 is 1. The summed E-state index contributed by atoms with van der Waals surface area (Å²) in [4.78, 5) is 8.87. The van der Waals surface area contributed by atoms with Gasteiger partial charge in [0.15, 0.2) is 0 Å². The zero-order valence-electron chi connectivity index (χ0n) is 12.9. The third-order valence-corrected chi connectivity index (χ3v) is 2.99. The molecule has 1 heterocycles. The van der Waals surface area contributed by atoms with Crippen molar-refractivity contribution >= 4 is 11.6 Å². The maximum atomic E-state index is 9.10. The van der Waals surface area contributed by atoms with Crippen LogP contribution in [-0.2, 0) is 4.74 Å². The molecule has 0 saturated heterocycles. The summed E-state index contributed by atoms with van der Waals surface area (Å²) in [7, 11) is 1.65. The molecule has 1 rings (SSSR count). The fraction of sp³-hybridized carbons (Fsp3) is 0.714. The highest BCUT2D eigenvalue weighted by Crippen LogP contribution is 2.21. The van der Waals surface area contributed by atoms with Crippen molar-refractivity contribution in [3.8, 4) is 0 Å². The Morgan fingerprint density at radius 1 is 1.25 bits per heavy atom. The zero-order chi connectivity index (χ0) is 15.0. The first kappa shape index (κ1) is 16.7. The first-order valence-corrected chi connectivity index (χ1v) is 7.07.